The molecule has 0 radical (unpaired) electrons. The molecule has 172 valence electrons. The second-order valence-corrected chi connectivity index (χ2v) is 7.92. The molecule has 4 aromatic heterocycles. The molecule has 5 aromatic rings. The van der Waals surface area contributed by atoms with Gasteiger partial charge in [-0.3, -0.25) is 14.7 Å². The minimum absolute atomic E-state index is 0.146. The quantitative estimate of drug-likeness (QED) is 0.359. The standard InChI is InChI=1S/C24H23N7O3/c1-33-20-7-6-18-10-19(24(32)26-22(18)11-20)14-30(13-17-4-2-8-25-12-17)16-23-27-28-29-31(23)15-21-5-3-9-34-21/h2-12H,13-16H2,1H3,(H,26,32). The summed E-state index contributed by atoms with van der Waals surface area (Å²) in [6, 6.07) is 15.1. The monoisotopic (exact) mass is 457 g/mol. The van der Waals surface area contributed by atoms with Crippen molar-refractivity contribution >= 4 is 10.9 Å². The third kappa shape index (κ3) is 4.86. The fourth-order valence-electron chi connectivity index (χ4n) is 3.84. The Morgan fingerprint density at radius 1 is 1.12 bits per heavy atom. The minimum atomic E-state index is -0.146. The molecule has 0 saturated heterocycles. The van der Waals surface area contributed by atoms with Crippen molar-refractivity contribution in [2.75, 3.05) is 7.11 Å². The van der Waals surface area contributed by atoms with Gasteiger partial charge in [0, 0.05) is 37.1 Å². The Bertz CT molecular complexity index is 1430. The fraction of sp³-hybridized carbons (Fsp3) is 0.208. The van der Waals surface area contributed by atoms with Gasteiger partial charge in [-0.15, -0.1) is 5.10 Å². The molecule has 0 saturated carbocycles. The molecule has 0 aliphatic carbocycles. The summed E-state index contributed by atoms with van der Waals surface area (Å²) < 4.78 is 12.4. The molecule has 0 aliphatic rings. The highest BCUT2D eigenvalue weighted by Crippen LogP contribution is 2.20. The Morgan fingerprint density at radius 2 is 2.06 bits per heavy atom. The molecule has 0 atom stereocenters. The van der Waals surface area contributed by atoms with E-state index in [9.17, 15) is 4.79 Å². The molecule has 1 aromatic carbocycles. The number of hydrogen-bond donors (Lipinski definition) is 1. The van der Waals surface area contributed by atoms with Gasteiger partial charge in [0.15, 0.2) is 5.82 Å². The molecule has 34 heavy (non-hydrogen) atoms. The van der Waals surface area contributed by atoms with E-state index >= 15 is 0 Å². The van der Waals surface area contributed by atoms with Crippen LogP contribution >= 0.6 is 0 Å². The summed E-state index contributed by atoms with van der Waals surface area (Å²) in [6.45, 7) is 1.83. The predicted molar refractivity (Wildman–Crippen MR) is 124 cm³/mol. The molecule has 10 heteroatoms. The van der Waals surface area contributed by atoms with Gasteiger partial charge in [-0.1, -0.05) is 6.07 Å². The first-order chi connectivity index (χ1) is 16.7. The summed E-state index contributed by atoms with van der Waals surface area (Å²) in [5.74, 6) is 2.12. The number of ether oxygens (including phenoxy) is 1. The largest absolute Gasteiger partial charge is 0.497 e. The van der Waals surface area contributed by atoms with Gasteiger partial charge in [-0.25, -0.2) is 4.68 Å². The summed E-state index contributed by atoms with van der Waals surface area (Å²) in [6.07, 6.45) is 5.17. The first-order valence-corrected chi connectivity index (χ1v) is 10.8. The van der Waals surface area contributed by atoms with Gasteiger partial charge in [0.25, 0.3) is 5.56 Å². The van der Waals surface area contributed by atoms with Gasteiger partial charge in [-0.2, -0.15) is 0 Å². The van der Waals surface area contributed by atoms with Crippen molar-refractivity contribution in [2.45, 2.75) is 26.2 Å². The summed E-state index contributed by atoms with van der Waals surface area (Å²) in [4.78, 5) is 22.2. The highest BCUT2D eigenvalue weighted by atomic mass is 16.5. The van der Waals surface area contributed by atoms with Crippen LogP contribution in [0.2, 0.25) is 0 Å². The summed E-state index contributed by atoms with van der Waals surface area (Å²) in [5.41, 5.74) is 2.25. The maximum absolute atomic E-state index is 12.9. The van der Waals surface area contributed by atoms with E-state index in [0.717, 1.165) is 22.2 Å². The Morgan fingerprint density at radius 3 is 2.85 bits per heavy atom. The highest BCUT2D eigenvalue weighted by molar-refractivity contribution is 5.80. The van der Waals surface area contributed by atoms with Crippen LogP contribution in [0.4, 0.5) is 0 Å². The van der Waals surface area contributed by atoms with Crippen LogP contribution < -0.4 is 10.3 Å². The van der Waals surface area contributed by atoms with Crippen LogP contribution in [0.5, 0.6) is 5.75 Å². The van der Waals surface area contributed by atoms with Gasteiger partial charge in [0.2, 0.25) is 0 Å². The van der Waals surface area contributed by atoms with E-state index in [2.05, 4.69) is 30.4 Å². The number of pyridine rings is 2. The second-order valence-electron chi connectivity index (χ2n) is 7.92. The average molecular weight is 457 g/mol. The zero-order chi connectivity index (χ0) is 23.3. The number of benzene rings is 1. The number of rotatable bonds is 9. The van der Waals surface area contributed by atoms with Crippen molar-refractivity contribution in [2.24, 2.45) is 0 Å². The van der Waals surface area contributed by atoms with E-state index in [1.54, 1.807) is 24.3 Å². The van der Waals surface area contributed by atoms with Crippen molar-refractivity contribution in [3.63, 3.8) is 0 Å². The molecule has 0 spiro atoms. The van der Waals surface area contributed by atoms with Crippen LogP contribution in [0, 0.1) is 0 Å². The molecule has 10 nitrogen and oxygen atoms in total. The van der Waals surface area contributed by atoms with Gasteiger partial charge < -0.3 is 14.1 Å². The summed E-state index contributed by atoms with van der Waals surface area (Å²) >= 11 is 0. The van der Waals surface area contributed by atoms with Crippen molar-refractivity contribution in [3.8, 4) is 5.75 Å². The van der Waals surface area contributed by atoms with Crippen molar-refractivity contribution < 1.29 is 9.15 Å². The van der Waals surface area contributed by atoms with Crippen LogP contribution in [-0.2, 0) is 26.2 Å². The topological polar surface area (TPSA) is 115 Å². The van der Waals surface area contributed by atoms with Crippen LogP contribution in [0.25, 0.3) is 10.9 Å². The summed E-state index contributed by atoms with van der Waals surface area (Å²) in [7, 11) is 1.60. The van der Waals surface area contributed by atoms with Gasteiger partial charge in [0.05, 0.1) is 25.4 Å². The third-order valence-corrected chi connectivity index (χ3v) is 5.51. The minimum Gasteiger partial charge on any atom is -0.497 e. The lowest BCUT2D eigenvalue weighted by Gasteiger charge is -2.21. The lowest BCUT2D eigenvalue weighted by molar-refractivity contribution is 0.235. The molecule has 0 amide bonds. The number of tetrazole rings is 1. The van der Waals surface area contributed by atoms with Crippen LogP contribution in [0.3, 0.4) is 0 Å². The molecule has 0 fully saturated rings. The van der Waals surface area contributed by atoms with E-state index in [0.29, 0.717) is 43.3 Å². The van der Waals surface area contributed by atoms with E-state index in [1.165, 1.54) is 0 Å². The number of H-pyrrole nitrogens is 1. The number of aromatic amines is 1. The molecule has 0 aliphatic heterocycles. The van der Waals surface area contributed by atoms with Crippen LogP contribution in [0.15, 0.2) is 76.4 Å². The van der Waals surface area contributed by atoms with Crippen molar-refractivity contribution in [1.82, 2.24) is 35.1 Å². The van der Waals surface area contributed by atoms with Gasteiger partial charge in [0.1, 0.15) is 18.1 Å². The highest BCUT2D eigenvalue weighted by Gasteiger charge is 2.16. The van der Waals surface area contributed by atoms with E-state index in [-0.39, 0.29) is 5.56 Å². The van der Waals surface area contributed by atoms with Crippen molar-refractivity contribution in [3.05, 3.63) is 100 Å². The SMILES string of the molecule is COc1ccc2cc(CN(Cc3cccnc3)Cc3nnnn3Cc3ccco3)c(=O)[nH]c2c1. The number of fused-ring (bicyclic) bond motifs is 1. The Balaban J connectivity index is 1.43. The summed E-state index contributed by atoms with van der Waals surface area (Å²) in [5, 5.41) is 13.1. The zero-order valence-electron chi connectivity index (χ0n) is 18.6. The molecule has 0 bridgehead atoms. The van der Waals surface area contributed by atoms with Crippen LogP contribution in [0.1, 0.15) is 22.7 Å². The molecule has 0 unspecified atom stereocenters. The molecular formula is C24H23N7O3. The zero-order valence-corrected chi connectivity index (χ0v) is 18.6. The number of nitrogens with zero attached hydrogens (tertiary/aromatic N) is 6. The maximum Gasteiger partial charge on any atom is 0.252 e. The third-order valence-electron chi connectivity index (χ3n) is 5.51. The van der Waals surface area contributed by atoms with E-state index < -0.39 is 0 Å². The van der Waals surface area contributed by atoms with Crippen LogP contribution in [-0.4, -0.2) is 42.2 Å². The fourth-order valence-corrected chi connectivity index (χ4v) is 3.84. The van der Waals surface area contributed by atoms with E-state index in [1.807, 2.05) is 54.7 Å². The number of furan rings is 1. The molecule has 4 heterocycles. The first-order valence-electron chi connectivity index (χ1n) is 10.8. The smallest absolute Gasteiger partial charge is 0.252 e. The molecular weight excluding hydrogens is 434 g/mol. The number of nitrogens with one attached hydrogen (secondary N) is 1. The second kappa shape index (κ2) is 9.67. The molecule has 5 rings (SSSR count). The number of aromatic nitrogens is 6. The van der Waals surface area contributed by atoms with Crippen molar-refractivity contribution in [1.29, 1.82) is 0 Å². The lowest BCUT2D eigenvalue weighted by atomic mass is 10.1. The number of methoxy groups -OCH3 is 1. The average Bonchev–Trinajstić information content (AvgIpc) is 3.52. The Kier molecular flexibility index (Phi) is 6.13. The maximum atomic E-state index is 12.9. The predicted octanol–water partition coefficient (Wildman–Crippen LogP) is 2.76. The van der Waals surface area contributed by atoms with E-state index in [4.69, 9.17) is 9.15 Å². The molecule has 1 N–H and O–H groups in total. The first kappa shape index (κ1) is 21.5. The Labute approximate surface area is 194 Å². The normalized spacial score (nSPS) is 11.4. The van der Waals surface area contributed by atoms with Gasteiger partial charge >= 0.3 is 0 Å². The lowest BCUT2D eigenvalue weighted by Crippen LogP contribution is -2.28. The Hall–Kier alpha value is -4.31. The number of hydrogen-bond acceptors (Lipinski definition) is 8. The van der Waals surface area contributed by atoms with Gasteiger partial charge in [-0.05, 0) is 57.8 Å².